The Bertz CT molecular complexity index is 553. The van der Waals surface area contributed by atoms with E-state index in [1.165, 1.54) is 12.1 Å². The summed E-state index contributed by atoms with van der Waals surface area (Å²) in [5.41, 5.74) is 5.27. The van der Waals surface area contributed by atoms with Crippen LogP contribution >= 0.6 is 0 Å². The van der Waals surface area contributed by atoms with Crippen molar-refractivity contribution < 1.29 is 19.1 Å². The third-order valence-corrected chi connectivity index (χ3v) is 1.73. The lowest BCUT2D eigenvalue weighted by atomic mass is 10.1. The molecule has 1 amide bonds. The van der Waals surface area contributed by atoms with Gasteiger partial charge in [0.05, 0.1) is 0 Å². The Morgan fingerprint density at radius 3 is 2.71 bits per heavy atom. The van der Waals surface area contributed by atoms with Crippen LogP contribution in [0.2, 0.25) is 0 Å². The first-order valence-corrected chi connectivity index (χ1v) is 4.51. The predicted octanol–water partition coefficient (Wildman–Crippen LogP) is 0.760. The van der Waals surface area contributed by atoms with E-state index in [4.69, 9.17) is 10.8 Å². The highest BCUT2D eigenvalue weighted by Crippen LogP contribution is 2.11. The van der Waals surface area contributed by atoms with Crippen LogP contribution in [0.25, 0.3) is 6.08 Å². The largest absolute Gasteiger partial charge is 0.478 e. The number of carboxylic acids is 1. The molecule has 17 heavy (non-hydrogen) atoms. The summed E-state index contributed by atoms with van der Waals surface area (Å²) in [7, 11) is 0. The molecule has 1 rings (SSSR count). The van der Waals surface area contributed by atoms with Crippen LogP contribution in [0.5, 0.6) is 0 Å². The summed E-state index contributed by atoms with van der Waals surface area (Å²) in [5.74, 6) is 1.97. The van der Waals surface area contributed by atoms with Crippen molar-refractivity contribution in [2.45, 2.75) is 0 Å². The summed E-state index contributed by atoms with van der Waals surface area (Å²) in [4.78, 5) is 20.7. The van der Waals surface area contributed by atoms with E-state index in [-0.39, 0.29) is 5.56 Å². The molecular formula is C12H8FNO3. The molecule has 0 heterocycles. The first kappa shape index (κ1) is 12.5. The summed E-state index contributed by atoms with van der Waals surface area (Å²) in [6.07, 6.45) is 1.91. The number of carbonyl (C=O) groups is 2. The van der Waals surface area contributed by atoms with Gasteiger partial charge in [-0.1, -0.05) is 5.92 Å². The van der Waals surface area contributed by atoms with E-state index in [1.807, 2.05) is 0 Å². The highest BCUT2D eigenvalue weighted by atomic mass is 19.1. The van der Waals surface area contributed by atoms with Crippen molar-refractivity contribution in [3.63, 3.8) is 0 Å². The average Bonchev–Trinajstić information content (AvgIpc) is 2.26. The number of rotatable bonds is 2. The summed E-state index contributed by atoms with van der Waals surface area (Å²) in [6.45, 7) is 0. The van der Waals surface area contributed by atoms with Crippen molar-refractivity contribution in [3.8, 4) is 11.8 Å². The third-order valence-electron chi connectivity index (χ3n) is 1.73. The van der Waals surface area contributed by atoms with E-state index < -0.39 is 17.7 Å². The number of amides is 1. The first-order valence-electron chi connectivity index (χ1n) is 4.51. The Hall–Kier alpha value is -2.61. The lowest BCUT2D eigenvalue weighted by Crippen LogP contribution is -2.06. The quantitative estimate of drug-likeness (QED) is 0.584. The molecule has 0 unspecified atom stereocenters. The van der Waals surface area contributed by atoms with Crippen LogP contribution < -0.4 is 5.73 Å². The van der Waals surface area contributed by atoms with E-state index in [0.29, 0.717) is 5.56 Å². The van der Waals surface area contributed by atoms with Gasteiger partial charge in [0, 0.05) is 17.2 Å². The van der Waals surface area contributed by atoms with Crippen LogP contribution in [-0.4, -0.2) is 17.0 Å². The molecular weight excluding hydrogens is 225 g/mol. The van der Waals surface area contributed by atoms with Gasteiger partial charge in [-0.3, -0.25) is 4.79 Å². The van der Waals surface area contributed by atoms with Gasteiger partial charge in [-0.2, -0.15) is 0 Å². The van der Waals surface area contributed by atoms with Gasteiger partial charge in [-0.05, 0) is 30.2 Å². The molecule has 0 atom stereocenters. The summed E-state index contributed by atoms with van der Waals surface area (Å²) in [5, 5.41) is 8.41. The molecule has 0 spiro atoms. The Morgan fingerprint density at radius 2 is 2.12 bits per heavy atom. The average molecular weight is 233 g/mol. The lowest BCUT2D eigenvalue weighted by Gasteiger charge is -1.97. The van der Waals surface area contributed by atoms with Crippen LogP contribution in [0.15, 0.2) is 24.3 Å². The van der Waals surface area contributed by atoms with Crippen molar-refractivity contribution in [3.05, 3.63) is 41.2 Å². The minimum Gasteiger partial charge on any atom is -0.478 e. The Morgan fingerprint density at radius 1 is 1.41 bits per heavy atom. The maximum atomic E-state index is 13.2. The van der Waals surface area contributed by atoms with Crippen LogP contribution in [0.4, 0.5) is 4.39 Å². The second kappa shape index (κ2) is 5.47. The minimum atomic E-state index is -1.18. The van der Waals surface area contributed by atoms with Crippen molar-refractivity contribution in [1.82, 2.24) is 0 Å². The number of halogens is 1. The maximum absolute atomic E-state index is 13.2. The van der Waals surface area contributed by atoms with E-state index in [1.54, 1.807) is 0 Å². The number of aliphatic carboxylic acids is 1. The zero-order valence-corrected chi connectivity index (χ0v) is 8.61. The molecule has 0 saturated carbocycles. The Labute approximate surface area is 96.6 Å². The van der Waals surface area contributed by atoms with E-state index in [0.717, 1.165) is 18.2 Å². The van der Waals surface area contributed by atoms with Gasteiger partial charge in [-0.25, -0.2) is 9.18 Å². The fraction of sp³-hybridized carbons (Fsp3) is 0. The molecule has 86 valence electrons. The number of carboxylic acid groups (broad SMARTS) is 1. The molecule has 0 aromatic heterocycles. The van der Waals surface area contributed by atoms with Crippen molar-refractivity contribution in [1.29, 1.82) is 0 Å². The standard InChI is InChI=1S/C12H8FNO3/c13-10-4-1-8(2-5-11(14)15)7-9(10)3-6-12(16)17/h1,3-4,6-7H,(H2,14,15)(H,16,17)/b6-3+. The van der Waals surface area contributed by atoms with Gasteiger partial charge < -0.3 is 10.8 Å². The maximum Gasteiger partial charge on any atom is 0.328 e. The molecule has 0 aliphatic heterocycles. The normalized spacial score (nSPS) is 9.71. The minimum absolute atomic E-state index is 0.0728. The van der Waals surface area contributed by atoms with Gasteiger partial charge in [0.1, 0.15) is 5.82 Å². The van der Waals surface area contributed by atoms with E-state index in [9.17, 15) is 14.0 Å². The van der Waals surface area contributed by atoms with Gasteiger partial charge in [0.25, 0.3) is 5.91 Å². The van der Waals surface area contributed by atoms with Crippen LogP contribution in [0.3, 0.4) is 0 Å². The Balaban J connectivity index is 3.08. The topological polar surface area (TPSA) is 80.4 Å². The predicted molar refractivity (Wildman–Crippen MR) is 59.1 cm³/mol. The third kappa shape index (κ3) is 4.18. The van der Waals surface area contributed by atoms with Crippen molar-refractivity contribution >= 4 is 18.0 Å². The second-order valence-electron chi connectivity index (χ2n) is 3.02. The SMILES string of the molecule is NC(=O)C#Cc1ccc(F)c(/C=C/C(=O)O)c1. The zero-order chi connectivity index (χ0) is 12.8. The molecule has 3 N–H and O–H groups in total. The molecule has 0 bridgehead atoms. The van der Waals surface area contributed by atoms with Gasteiger partial charge in [0.15, 0.2) is 0 Å². The zero-order valence-electron chi connectivity index (χ0n) is 8.61. The Kier molecular flexibility index (Phi) is 4.01. The lowest BCUT2D eigenvalue weighted by molar-refractivity contribution is -0.131. The molecule has 5 heteroatoms. The second-order valence-corrected chi connectivity index (χ2v) is 3.02. The summed E-state index contributed by atoms with van der Waals surface area (Å²) >= 11 is 0. The first-order chi connectivity index (χ1) is 7.99. The molecule has 0 saturated heterocycles. The number of hydrogen-bond donors (Lipinski definition) is 2. The van der Waals surface area contributed by atoms with E-state index >= 15 is 0 Å². The van der Waals surface area contributed by atoms with E-state index in [2.05, 4.69) is 11.8 Å². The number of hydrogen-bond acceptors (Lipinski definition) is 2. The molecule has 0 radical (unpaired) electrons. The molecule has 4 nitrogen and oxygen atoms in total. The summed E-state index contributed by atoms with van der Waals surface area (Å²) in [6, 6.07) is 3.82. The van der Waals surface area contributed by atoms with Crippen molar-refractivity contribution in [2.75, 3.05) is 0 Å². The van der Waals surface area contributed by atoms with Crippen molar-refractivity contribution in [2.24, 2.45) is 5.73 Å². The molecule has 1 aromatic carbocycles. The highest BCUT2D eigenvalue weighted by molar-refractivity contribution is 5.92. The molecule has 0 aliphatic rings. The molecule has 0 aliphatic carbocycles. The number of primary amides is 1. The summed E-state index contributed by atoms with van der Waals surface area (Å²) < 4.78 is 13.2. The van der Waals surface area contributed by atoms with Gasteiger partial charge in [0.2, 0.25) is 0 Å². The smallest absolute Gasteiger partial charge is 0.328 e. The van der Waals surface area contributed by atoms with Crippen LogP contribution in [0.1, 0.15) is 11.1 Å². The monoisotopic (exact) mass is 233 g/mol. The number of nitrogens with two attached hydrogens (primary N) is 1. The number of carbonyl (C=O) groups excluding carboxylic acids is 1. The van der Waals surface area contributed by atoms with Crippen LogP contribution in [0, 0.1) is 17.7 Å². The fourth-order valence-electron chi connectivity index (χ4n) is 1.04. The molecule has 0 fully saturated rings. The molecule has 1 aromatic rings. The van der Waals surface area contributed by atoms with Gasteiger partial charge in [-0.15, -0.1) is 0 Å². The highest BCUT2D eigenvalue weighted by Gasteiger charge is 2.00. The van der Waals surface area contributed by atoms with Gasteiger partial charge >= 0.3 is 5.97 Å². The number of benzene rings is 1. The fourth-order valence-corrected chi connectivity index (χ4v) is 1.04. The van der Waals surface area contributed by atoms with Crippen LogP contribution in [-0.2, 0) is 9.59 Å².